The number of methoxy groups -OCH3 is 1. The minimum atomic E-state index is -2.18. The molecule has 0 bridgehead atoms. The minimum Gasteiger partial charge on any atom is -0.413 e. The second-order valence-electron chi connectivity index (χ2n) is 12.7. The van der Waals surface area contributed by atoms with E-state index >= 15 is 0 Å². The van der Waals surface area contributed by atoms with Crippen LogP contribution < -0.4 is 0 Å². The fraction of sp³-hybridized carbons (Fsp3) is 0.514. The van der Waals surface area contributed by atoms with E-state index in [0.29, 0.717) is 43.1 Å². The summed E-state index contributed by atoms with van der Waals surface area (Å²) in [6.45, 7) is 15.4. The van der Waals surface area contributed by atoms with Gasteiger partial charge in [-0.25, -0.2) is 0 Å². The molecule has 0 saturated carbocycles. The van der Waals surface area contributed by atoms with Crippen LogP contribution in [0.25, 0.3) is 0 Å². The molecule has 0 aliphatic carbocycles. The second-order valence-corrected chi connectivity index (χ2v) is 18.2. The van der Waals surface area contributed by atoms with Crippen molar-refractivity contribution in [1.29, 1.82) is 0 Å². The predicted octanol–water partition coefficient (Wildman–Crippen LogP) is 8.31. The van der Waals surface area contributed by atoms with Crippen molar-refractivity contribution in [3.63, 3.8) is 0 Å². The summed E-state index contributed by atoms with van der Waals surface area (Å²) in [6.07, 6.45) is -2.52. The van der Waals surface area contributed by atoms with Crippen molar-refractivity contribution in [3.05, 3.63) is 108 Å². The highest BCUT2D eigenvalue weighted by molar-refractivity contribution is 6.77. The monoisotopic (exact) mass is 620 g/mol. The quantitative estimate of drug-likeness (QED) is 0.150. The maximum absolute atomic E-state index is 7.09. The Labute approximate surface area is 266 Å². The highest BCUT2D eigenvalue weighted by Gasteiger charge is 2.51. The van der Waals surface area contributed by atoms with Crippen LogP contribution in [0.5, 0.6) is 0 Å². The zero-order chi connectivity index (χ0) is 31.5. The molecular weight excluding hydrogens is 568 g/mol. The molecule has 5 atom stereocenters. The Morgan fingerprint density at radius 3 is 1.34 bits per heavy atom. The zero-order valence-electron chi connectivity index (χ0n) is 27.6. The molecule has 0 radical (unpaired) electrons. The third-order valence-electron chi connectivity index (χ3n) is 8.88. The van der Waals surface area contributed by atoms with Crippen LogP contribution in [0.1, 0.15) is 58.2 Å². The largest absolute Gasteiger partial charge is 0.413 e. The molecule has 1 saturated heterocycles. The van der Waals surface area contributed by atoms with Gasteiger partial charge in [0.1, 0.15) is 24.4 Å². The summed E-state index contributed by atoms with van der Waals surface area (Å²) >= 11 is 0. The van der Waals surface area contributed by atoms with Crippen molar-refractivity contribution in [3.8, 4) is 0 Å². The van der Waals surface area contributed by atoms with Crippen LogP contribution in [0, 0.1) is 0 Å². The zero-order valence-corrected chi connectivity index (χ0v) is 28.6. The lowest BCUT2D eigenvalue weighted by atomic mass is 9.98. The molecule has 1 fully saturated rings. The molecule has 0 aromatic heterocycles. The normalized spacial score (nSPS) is 22.6. The first-order chi connectivity index (χ1) is 21.3. The highest BCUT2D eigenvalue weighted by atomic mass is 28.4. The Kier molecular flexibility index (Phi) is 13.2. The molecule has 0 N–H and O–H groups in total. The molecule has 6 nitrogen and oxygen atoms in total. The van der Waals surface area contributed by atoms with Crippen LogP contribution >= 0.6 is 0 Å². The first kappa shape index (κ1) is 34.5. The van der Waals surface area contributed by atoms with Crippen LogP contribution in [0.4, 0.5) is 0 Å². The summed E-state index contributed by atoms with van der Waals surface area (Å²) in [4.78, 5) is 0. The van der Waals surface area contributed by atoms with E-state index in [-0.39, 0.29) is 0 Å². The SMILES string of the molecule is CO[C@H]1O[C@H](CO[Si](C(C)C)(C(C)C)C(C)C)[C@H](OCc2ccccc2)[C@H](OCc2ccccc2)[C@H]1OCc1ccccc1. The number of hydrogen-bond donors (Lipinski definition) is 0. The topological polar surface area (TPSA) is 55.4 Å². The molecular formula is C37H52O6Si. The van der Waals surface area contributed by atoms with Gasteiger partial charge in [-0.05, 0) is 33.3 Å². The van der Waals surface area contributed by atoms with Crippen LogP contribution in [-0.4, -0.2) is 52.7 Å². The number of benzene rings is 3. The van der Waals surface area contributed by atoms with Crippen molar-refractivity contribution < 1.29 is 28.1 Å². The van der Waals surface area contributed by atoms with Crippen LogP contribution in [0.15, 0.2) is 91.0 Å². The third-order valence-corrected chi connectivity index (χ3v) is 15.0. The van der Waals surface area contributed by atoms with Crippen LogP contribution in [0.3, 0.4) is 0 Å². The summed E-state index contributed by atoms with van der Waals surface area (Å²) < 4.78 is 39.8. The van der Waals surface area contributed by atoms with Gasteiger partial charge in [-0.15, -0.1) is 0 Å². The van der Waals surface area contributed by atoms with Gasteiger partial charge in [-0.1, -0.05) is 133 Å². The molecule has 0 unspecified atom stereocenters. The minimum absolute atomic E-state index is 0.399. The Morgan fingerprint density at radius 2 is 0.955 bits per heavy atom. The van der Waals surface area contributed by atoms with Gasteiger partial charge in [-0.3, -0.25) is 0 Å². The van der Waals surface area contributed by atoms with Crippen LogP contribution in [0.2, 0.25) is 16.6 Å². The smallest absolute Gasteiger partial charge is 0.200 e. The van der Waals surface area contributed by atoms with Crippen LogP contribution in [-0.2, 0) is 47.9 Å². The molecule has 3 aromatic carbocycles. The van der Waals surface area contributed by atoms with E-state index in [1.165, 1.54) is 0 Å². The van der Waals surface area contributed by atoms with Gasteiger partial charge >= 0.3 is 0 Å². The van der Waals surface area contributed by atoms with E-state index in [0.717, 1.165) is 16.7 Å². The number of rotatable bonds is 16. The van der Waals surface area contributed by atoms with Gasteiger partial charge in [-0.2, -0.15) is 0 Å². The first-order valence-corrected chi connectivity index (χ1v) is 18.2. The summed E-state index contributed by atoms with van der Waals surface area (Å²) in [5, 5.41) is 0. The molecule has 44 heavy (non-hydrogen) atoms. The Hall–Kier alpha value is -2.36. The van der Waals surface area contributed by atoms with E-state index < -0.39 is 39.0 Å². The molecule has 4 rings (SSSR count). The predicted molar refractivity (Wildman–Crippen MR) is 178 cm³/mol. The molecule has 240 valence electrons. The van der Waals surface area contributed by atoms with E-state index in [2.05, 4.69) is 77.9 Å². The van der Waals surface area contributed by atoms with Crippen molar-refractivity contribution >= 4 is 8.32 Å². The summed E-state index contributed by atoms with van der Waals surface area (Å²) in [5.41, 5.74) is 4.56. The summed E-state index contributed by atoms with van der Waals surface area (Å²) in [7, 11) is -0.515. The summed E-state index contributed by atoms with van der Waals surface area (Å²) in [6, 6.07) is 30.6. The Bertz CT molecular complexity index is 1180. The lowest BCUT2D eigenvalue weighted by Gasteiger charge is -2.48. The van der Waals surface area contributed by atoms with Gasteiger partial charge in [0.15, 0.2) is 14.6 Å². The lowest BCUT2D eigenvalue weighted by molar-refractivity contribution is -0.321. The standard InChI is InChI=1S/C37H52O6Si/c1-27(2)44(28(3)4,29(5)6)42-26-33-34(39-23-30-17-11-8-12-18-30)35(40-24-31-19-13-9-14-20-31)36(37(38-7)43-33)41-25-32-21-15-10-16-22-32/h8-22,27-29,33-37H,23-26H2,1-7H3/t33-,34+,35+,36-,37+/m1/s1. The molecule has 1 aliphatic rings. The molecule has 0 spiro atoms. The van der Waals surface area contributed by atoms with Crippen molar-refractivity contribution in [2.24, 2.45) is 0 Å². The fourth-order valence-electron chi connectivity index (χ4n) is 6.80. The first-order valence-electron chi connectivity index (χ1n) is 16.0. The average Bonchev–Trinajstić information content (AvgIpc) is 3.03. The van der Waals surface area contributed by atoms with E-state index in [1.807, 2.05) is 54.6 Å². The van der Waals surface area contributed by atoms with Crippen molar-refractivity contribution in [1.82, 2.24) is 0 Å². The Morgan fingerprint density at radius 1 is 0.568 bits per heavy atom. The van der Waals surface area contributed by atoms with Gasteiger partial charge in [0.25, 0.3) is 0 Å². The Balaban J connectivity index is 1.67. The van der Waals surface area contributed by atoms with E-state index in [1.54, 1.807) is 7.11 Å². The highest BCUT2D eigenvalue weighted by Crippen LogP contribution is 2.43. The lowest BCUT2D eigenvalue weighted by Crippen LogP contribution is -2.62. The third kappa shape index (κ3) is 8.66. The van der Waals surface area contributed by atoms with Gasteiger partial charge in [0.05, 0.1) is 26.4 Å². The molecule has 0 amide bonds. The van der Waals surface area contributed by atoms with E-state index in [4.69, 9.17) is 28.1 Å². The van der Waals surface area contributed by atoms with Gasteiger partial charge in [0.2, 0.25) is 0 Å². The maximum atomic E-state index is 7.09. The average molecular weight is 621 g/mol. The molecule has 7 heteroatoms. The molecule has 3 aromatic rings. The number of ether oxygens (including phenoxy) is 5. The maximum Gasteiger partial charge on any atom is 0.200 e. The van der Waals surface area contributed by atoms with Crippen molar-refractivity contribution in [2.45, 2.75) is 109 Å². The number of hydrogen-bond acceptors (Lipinski definition) is 6. The second kappa shape index (κ2) is 16.8. The fourth-order valence-corrected chi connectivity index (χ4v) is 12.2. The summed E-state index contributed by atoms with van der Waals surface area (Å²) in [5.74, 6) is 0. The van der Waals surface area contributed by atoms with Gasteiger partial charge in [0, 0.05) is 7.11 Å². The van der Waals surface area contributed by atoms with Crippen molar-refractivity contribution in [2.75, 3.05) is 13.7 Å². The molecule has 1 heterocycles. The van der Waals surface area contributed by atoms with Gasteiger partial charge < -0.3 is 28.1 Å². The molecule has 1 aliphatic heterocycles. The van der Waals surface area contributed by atoms with E-state index in [9.17, 15) is 0 Å².